The monoisotopic (exact) mass is 436 g/mol. The summed E-state index contributed by atoms with van der Waals surface area (Å²) in [6.45, 7) is 1.31. The molecule has 0 radical (unpaired) electrons. The number of anilines is 1. The molecule has 7 heteroatoms. The van der Waals surface area contributed by atoms with Crippen LogP contribution in [0.1, 0.15) is 28.8 Å². The van der Waals surface area contributed by atoms with Crippen molar-refractivity contribution in [3.05, 3.63) is 88.2 Å². The van der Waals surface area contributed by atoms with Crippen LogP contribution in [0.15, 0.2) is 71.5 Å². The quantitative estimate of drug-likeness (QED) is 0.616. The highest BCUT2D eigenvalue weighted by Gasteiger charge is 2.20. The zero-order valence-corrected chi connectivity index (χ0v) is 17.8. The zero-order valence-electron chi connectivity index (χ0n) is 17.0. The van der Waals surface area contributed by atoms with Gasteiger partial charge in [-0.2, -0.15) is 0 Å². The molecule has 2 N–H and O–H groups in total. The predicted molar refractivity (Wildman–Crippen MR) is 123 cm³/mol. The summed E-state index contributed by atoms with van der Waals surface area (Å²) in [6, 6.07) is 20.0. The summed E-state index contributed by atoms with van der Waals surface area (Å²) >= 11 is 0. The summed E-state index contributed by atoms with van der Waals surface area (Å²) in [5, 5.41) is 2.92. The Morgan fingerprint density at radius 3 is 2.55 bits per heavy atom. The number of amides is 1. The van der Waals surface area contributed by atoms with Crippen LogP contribution < -0.4 is 10.9 Å². The Bertz CT molecular complexity index is 1140. The Balaban J connectivity index is 1.44. The van der Waals surface area contributed by atoms with E-state index in [-0.39, 0.29) is 10.8 Å². The molecule has 3 aromatic rings. The molecule has 1 aliphatic heterocycles. The van der Waals surface area contributed by atoms with Gasteiger partial charge in [-0.25, -0.2) is 0 Å². The number of aromatic amines is 1. The maximum absolute atomic E-state index is 12.7. The molecule has 2 aromatic carbocycles. The van der Waals surface area contributed by atoms with E-state index in [9.17, 15) is 13.8 Å². The molecule has 1 aliphatic rings. The van der Waals surface area contributed by atoms with Crippen molar-refractivity contribution in [2.75, 3.05) is 18.5 Å². The Hall–Kier alpha value is -3.03. The minimum atomic E-state index is -0.987. The lowest BCUT2D eigenvalue weighted by molar-refractivity contribution is 0.0991. The molecule has 6 nitrogen and oxygen atoms in total. The number of ether oxygens (including phenoxy) is 1. The van der Waals surface area contributed by atoms with Gasteiger partial charge in [0.1, 0.15) is 5.56 Å². The Labute approximate surface area is 183 Å². The molecule has 31 heavy (non-hydrogen) atoms. The van der Waals surface area contributed by atoms with E-state index in [0.717, 1.165) is 24.0 Å². The van der Waals surface area contributed by atoms with Gasteiger partial charge >= 0.3 is 0 Å². The molecular weight excluding hydrogens is 412 g/mol. The van der Waals surface area contributed by atoms with Gasteiger partial charge in [0.05, 0.1) is 0 Å². The van der Waals surface area contributed by atoms with E-state index in [0.29, 0.717) is 30.3 Å². The molecule has 0 spiro atoms. The van der Waals surface area contributed by atoms with E-state index in [2.05, 4.69) is 10.3 Å². The number of hydrogen-bond acceptors (Lipinski definition) is 4. The van der Waals surface area contributed by atoms with Crippen molar-refractivity contribution >= 4 is 22.4 Å². The van der Waals surface area contributed by atoms with Crippen molar-refractivity contribution in [3.63, 3.8) is 0 Å². The molecule has 1 atom stereocenters. The Morgan fingerprint density at radius 2 is 1.81 bits per heavy atom. The average Bonchev–Trinajstić information content (AvgIpc) is 2.80. The third-order valence-corrected chi connectivity index (χ3v) is 7.11. The maximum atomic E-state index is 12.7. The van der Waals surface area contributed by atoms with Crippen LogP contribution in [-0.4, -0.2) is 33.6 Å². The first-order chi connectivity index (χ1) is 15.1. The van der Waals surface area contributed by atoms with Gasteiger partial charge in [-0.05, 0) is 48.2 Å². The third-order valence-electron chi connectivity index (χ3n) is 5.27. The predicted octanol–water partition coefficient (Wildman–Crippen LogP) is 3.72. The van der Waals surface area contributed by atoms with Gasteiger partial charge in [-0.1, -0.05) is 42.5 Å². The fourth-order valence-electron chi connectivity index (χ4n) is 3.60. The normalized spacial score (nSPS) is 15.4. The third kappa shape index (κ3) is 5.37. The molecule has 2 heterocycles. The smallest absolute Gasteiger partial charge is 0.261 e. The van der Waals surface area contributed by atoms with Gasteiger partial charge in [-0.15, -0.1) is 0 Å². The number of benzene rings is 2. The topological polar surface area (TPSA) is 88.3 Å². The molecule has 0 saturated carbocycles. The van der Waals surface area contributed by atoms with Crippen LogP contribution in [0.25, 0.3) is 11.3 Å². The van der Waals surface area contributed by atoms with Crippen molar-refractivity contribution in [1.82, 2.24) is 4.98 Å². The standard InChI is InChI=1S/C24H24N2O4S/c27-23(21-9-10-22(26-24(21)28)18-6-2-1-3-7-18)25-19-8-4-5-17(15-19)16-31(29)20-11-13-30-14-12-20/h1-10,15,20H,11-14,16H2,(H,25,27)(H,26,28). The first-order valence-electron chi connectivity index (χ1n) is 10.2. The fourth-order valence-corrected chi connectivity index (χ4v) is 5.06. The summed E-state index contributed by atoms with van der Waals surface area (Å²) in [6.07, 6.45) is 1.62. The summed E-state index contributed by atoms with van der Waals surface area (Å²) < 4.78 is 18.0. The number of carbonyl (C=O) groups is 1. The van der Waals surface area contributed by atoms with Crippen molar-refractivity contribution < 1.29 is 13.7 Å². The van der Waals surface area contributed by atoms with E-state index in [1.807, 2.05) is 48.5 Å². The second kappa shape index (κ2) is 9.85. The van der Waals surface area contributed by atoms with E-state index < -0.39 is 22.3 Å². The first kappa shape index (κ1) is 21.2. The SMILES string of the molecule is O=C(Nc1cccc(CS(=O)C2CCOCC2)c1)c1ccc(-c2ccccc2)[nH]c1=O. The van der Waals surface area contributed by atoms with Gasteiger partial charge in [0, 0.05) is 46.4 Å². The van der Waals surface area contributed by atoms with E-state index in [1.54, 1.807) is 12.1 Å². The molecule has 1 fully saturated rings. The van der Waals surface area contributed by atoms with Crippen LogP contribution >= 0.6 is 0 Å². The highest BCUT2D eigenvalue weighted by Crippen LogP contribution is 2.19. The van der Waals surface area contributed by atoms with Gasteiger partial charge in [0.25, 0.3) is 11.5 Å². The molecule has 0 bridgehead atoms. The fraction of sp³-hybridized carbons (Fsp3) is 0.250. The van der Waals surface area contributed by atoms with E-state index in [1.165, 1.54) is 6.07 Å². The van der Waals surface area contributed by atoms with Crippen molar-refractivity contribution in [2.45, 2.75) is 23.8 Å². The number of H-pyrrole nitrogens is 1. The second-order valence-electron chi connectivity index (χ2n) is 7.47. The molecule has 160 valence electrons. The number of hydrogen-bond donors (Lipinski definition) is 2. The summed E-state index contributed by atoms with van der Waals surface area (Å²) in [5.74, 6) is -0.0515. The van der Waals surface area contributed by atoms with Crippen LogP contribution in [0.4, 0.5) is 5.69 Å². The zero-order chi connectivity index (χ0) is 21.6. The molecular formula is C24H24N2O4S. The van der Waals surface area contributed by atoms with Crippen molar-refractivity contribution in [3.8, 4) is 11.3 Å². The molecule has 1 saturated heterocycles. The first-order valence-corrected chi connectivity index (χ1v) is 11.6. The molecule has 4 rings (SSSR count). The minimum absolute atomic E-state index is 0.0378. The maximum Gasteiger partial charge on any atom is 0.261 e. The molecule has 1 unspecified atom stereocenters. The van der Waals surface area contributed by atoms with Gasteiger partial charge in [0.15, 0.2) is 0 Å². The lowest BCUT2D eigenvalue weighted by atomic mass is 10.1. The van der Waals surface area contributed by atoms with E-state index >= 15 is 0 Å². The van der Waals surface area contributed by atoms with E-state index in [4.69, 9.17) is 4.74 Å². The lowest BCUT2D eigenvalue weighted by Crippen LogP contribution is -2.25. The number of pyridine rings is 1. The molecule has 1 amide bonds. The highest BCUT2D eigenvalue weighted by atomic mass is 32.2. The summed E-state index contributed by atoms with van der Waals surface area (Å²) in [5.41, 5.74) is 2.57. The number of aromatic nitrogens is 1. The lowest BCUT2D eigenvalue weighted by Gasteiger charge is -2.21. The van der Waals surface area contributed by atoms with Crippen LogP contribution in [0.3, 0.4) is 0 Å². The number of rotatable bonds is 6. The van der Waals surface area contributed by atoms with Crippen LogP contribution in [0.2, 0.25) is 0 Å². The van der Waals surface area contributed by atoms with Gasteiger partial charge < -0.3 is 15.0 Å². The van der Waals surface area contributed by atoms with Crippen LogP contribution in [-0.2, 0) is 21.3 Å². The van der Waals surface area contributed by atoms with Crippen LogP contribution in [0, 0.1) is 0 Å². The second-order valence-corrected chi connectivity index (χ2v) is 9.19. The van der Waals surface area contributed by atoms with Crippen molar-refractivity contribution in [1.29, 1.82) is 0 Å². The summed E-state index contributed by atoms with van der Waals surface area (Å²) in [7, 11) is -0.987. The van der Waals surface area contributed by atoms with Crippen LogP contribution in [0.5, 0.6) is 0 Å². The van der Waals surface area contributed by atoms with Gasteiger partial charge in [-0.3, -0.25) is 13.8 Å². The average molecular weight is 437 g/mol. The number of nitrogens with one attached hydrogen (secondary N) is 2. The summed E-state index contributed by atoms with van der Waals surface area (Å²) in [4.78, 5) is 27.9. The number of carbonyl (C=O) groups excluding carboxylic acids is 1. The Morgan fingerprint density at radius 1 is 1.03 bits per heavy atom. The Kier molecular flexibility index (Phi) is 6.74. The largest absolute Gasteiger partial charge is 0.381 e. The highest BCUT2D eigenvalue weighted by molar-refractivity contribution is 7.84. The molecule has 1 aromatic heterocycles. The minimum Gasteiger partial charge on any atom is -0.381 e. The van der Waals surface area contributed by atoms with Gasteiger partial charge in [0.2, 0.25) is 0 Å². The molecule has 0 aliphatic carbocycles. The van der Waals surface area contributed by atoms with Crippen molar-refractivity contribution in [2.24, 2.45) is 0 Å².